The molecule has 12 heteroatoms. The van der Waals surface area contributed by atoms with Gasteiger partial charge >= 0.3 is 5.97 Å². The Labute approximate surface area is 219 Å². The summed E-state index contributed by atoms with van der Waals surface area (Å²) in [7, 11) is 0. The van der Waals surface area contributed by atoms with E-state index in [0.29, 0.717) is 56.2 Å². The number of benzene rings is 2. The van der Waals surface area contributed by atoms with Crippen molar-refractivity contribution >= 4 is 34.4 Å². The van der Waals surface area contributed by atoms with Crippen LogP contribution >= 0.6 is 11.3 Å². The molecule has 3 heterocycles. The molecule has 4 aromatic rings. The molecule has 1 aliphatic rings. The first kappa shape index (κ1) is 25.6. The van der Waals surface area contributed by atoms with Crippen LogP contribution < -0.4 is 5.32 Å². The standard InChI is InChI=1S/C26H22F3N5O3S/c1-11-19(10-35)38-25-20(11)22(31-21(12(2)26(36)37)24-33-32-13(3)34(24)25)14-4-6-16(7-5-14)30-23-17(28)8-15(27)9-18(23)29/h4-9,12,21,30,35H,10H2,1-3H3,(H,36,37)/t12?,21-/m0/s1. The third-order valence-corrected chi connectivity index (χ3v) is 7.75. The van der Waals surface area contributed by atoms with Crippen LogP contribution in [0.5, 0.6) is 0 Å². The third-order valence-electron chi connectivity index (χ3n) is 6.49. The Hall–Kier alpha value is -4.03. The van der Waals surface area contributed by atoms with Crippen molar-refractivity contribution in [1.29, 1.82) is 0 Å². The number of fused-ring (bicyclic) bond motifs is 3. The Morgan fingerprint density at radius 1 is 1.13 bits per heavy atom. The molecule has 5 rings (SSSR count). The SMILES string of the molecule is Cc1c(CO)sc2c1C(c1ccc(Nc3c(F)cc(F)cc3F)cc1)=N[C@@H](C(C)C(=O)O)c1nnc(C)n1-2. The highest BCUT2D eigenvalue weighted by Gasteiger charge is 2.36. The number of thiophene rings is 1. The van der Waals surface area contributed by atoms with Crippen molar-refractivity contribution in [2.24, 2.45) is 10.9 Å². The van der Waals surface area contributed by atoms with Gasteiger partial charge in [-0.2, -0.15) is 0 Å². The quantitative estimate of drug-likeness (QED) is 0.309. The van der Waals surface area contributed by atoms with Gasteiger partial charge in [0.25, 0.3) is 0 Å². The van der Waals surface area contributed by atoms with E-state index in [0.717, 1.165) is 5.56 Å². The van der Waals surface area contributed by atoms with Crippen molar-refractivity contribution in [2.75, 3.05) is 5.32 Å². The van der Waals surface area contributed by atoms with Gasteiger partial charge < -0.3 is 15.5 Å². The maximum atomic E-state index is 14.1. The minimum Gasteiger partial charge on any atom is -0.481 e. The molecule has 38 heavy (non-hydrogen) atoms. The van der Waals surface area contributed by atoms with Crippen molar-refractivity contribution in [3.8, 4) is 5.00 Å². The molecule has 0 radical (unpaired) electrons. The molecule has 0 bridgehead atoms. The van der Waals surface area contributed by atoms with Crippen LogP contribution in [0.15, 0.2) is 41.4 Å². The van der Waals surface area contributed by atoms with Crippen molar-refractivity contribution in [3.63, 3.8) is 0 Å². The number of aliphatic imine (C=N–C) groups is 1. The van der Waals surface area contributed by atoms with Gasteiger partial charge in [0.15, 0.2) is 17.5 Å². The predicted octanol–water partition coefficient (Wildman–Crippen LogP) is 5.21. The predicted molar refractivity (Wildman–Crippen MR) is 136 cm³/mol. The van der Waals surface area contributed by atoms with Gasteiger partial charge in [-0.25, -0.2) is 13.2 Å². The van der Waals surface area contributed by atoms with E-state index in [2.05, 4.69) is 15.5 Å². The second kappa shape index (κ2) is 9.69. The number of aliphatic hydroxyl groups is 1. The van der Waals surface area contributed by atoms with Gasteiger partial charge in [0.05, 0.1) is 18.2 Å². The molecule has 0 spiro atoms. The lowest BCUT2D eigenvalue weighted by Gasteiger charge is -2.16. The number of nitrogens with zero attached hydrogens (tertiary/aromatic N) is 4. The number of aliphatic hydroxyl groups excluding tert-OH is 1. The van der Waals surface area contributed by atoms with Gasteiger partial charge in [0.1, 0.15) is 28.4 Å². The fraction of sp³-hybridized carbons (Fsp3) is 0.231. The molecule has 0 saturated carbocycles. The molecule has 0 fully saturated rings. The molecule has 2 aromatic carbocycles. The van der Waals surface area contributed by atoms with Gasteiger partial charge in [-0.15, -0.1) is 21.5 Å². The average Bonchev–Trinajstić information content (AvgIpc) is 3.36. The van der Waals surface area contributed by atoms with Crippen molar-refractivity contribution in [2.45, 2.75) is 33.4 Å². The van der Waals surface area contributed by atoms with E-state index >= 15 is 0 Å². The summed E-state index contributed by atoms with van der Waals surface area (Å²) in [6, 6.07) is 6.84. The number of nitrogens with one attached hydrogen (secondary N) is 1. The van der Waals surface area contributed by atoms with Gasteiger partial charge in [-0.1, -0.05) is 12.1 Å². The second-order valence-electron chi connectivity index (χ2n) is 8.93. The highest BCUT2D eigenvalue weighted by Crippen LogP contribution is 2.41. The normalized spacial score (nSPS) is 15.3. The Bertz CT molecular complexity index is 1570. The molecule has 2 atom stereocenters. The highest BCUT2D eigenvalue weighted by molar-refractivity contribution is 7.15. The first-order valence-corrected chi connectivity index (χ1v) is 12.4. The number of aromatic nitrogens is 3. The zero-order valence-electron chi connectivity index (χ0n) is 20.5. The number of carboxylic acid groups (broad SMARTS) is 1. The molecule has 0 saturated heterocycles. The molecule has 1 unspecified atom stereocenters. The van der Waals surface area contributed by atoms with Crippen LogP contribution in [-0.2, 0) is 11.4 Å². The summed E-state index contributed by atoms with van der Waals surface area (Å²) in [5.74, 6) is -4.21. The van der Waals surface area contributed by atoms with Gasteiger partial charge in [0.2, 0.25) is 0 Å². The molecule has 2 aromatic heterocycles. The van der Waals surface area contributed by atoms with Gasteiger partial charge in [-0.05, 0) is 38.5 Å². The fourth-order valence-electron chi connectivity index (χ4n) is 4.42. The Morgan fingerprint density at radius 2 is 1.79 bits per heavy atom. The molecule has 3 N–H and O–H groups in total. The summed E-state index contributed by atoms with van der Waals surface area (Å²) in [6.45, 7) is 4.97. The number of hydrogen-bond acceptors (Lipinski definition) is 7. The molecule has 0 amide bonds. The highest BCUT2D eigenvalue weighted by atomic mass is 32.1. The van der Waals surface area contributed by atoms with Crippen molar-refractivity contribution in [3.05, 3.63) is 87.1 Å². The number of aliphatic carboxylic acids is 1. The fourth-order valence-corrected chi connectivity index (χ4v) is 5.64. The summed E-state index contributed by atoms with van der Waals surface area (Å²) in [5.41, 5.74) is 2.45. The maximum Gasteiger partial charge on any atom is 0.308 e. The summed E-state index contributed by atoms with van der Waals surface area (Å²) in [4.78, 5) is 17.6. The minimum absolute atomic E-state index is 0.195. The van der Waals surface area contributed by atoms with Crippen LogP contribution in [0.2, 0.25) is 0 Å². The molecular formula is C26H22F3N5O3S. The van der Waals surface area contributed by atoms with Gasteiger partial charge in [0, 0.05) is 33.8 Å². The first-order valence-electron chi connectivity index (χ1n) is 11.6. The number of hydrogen-bond donors (Lipinski definition) is 3. The number of aryl methyl sites for hydroxylation is 1. The number of carboxylic acids is 1. The lowest BCUT2D eigenvalue weighted by atomic mass is 9.98. The van der Waals surface area contributed by atoms with E-state index in [4.69, 9.17) is 4.99 Å². The Balaban J connectivity index is 1.64. The van der Waals surface area contributed by atoms with Crippen LogP contribution in [0.4, 0.5) is 24.5 Å². The van der Waals surface area contributed by atoms with Crippen LogP contribution in [0.1, 0.15) is 46.2 Å². The van der Waals surface area contributed by atoms with Gasteiger partial charge in [-0.3, -0.25) is 14.4 Å². The second-order valence-corrected chi connectivity index (χ2v) is 10.0. The lowest BCUT2D eigenvalue weighted by Crippen LogP contribution is -2.21. The largest absolute Gasteiger partial charge is 0.481 e. The first-order chi connectivity index (χ1) is 18.1. The Kier molecular flexibility index (Phi) is 6.53. The number of halogens is 3. The zero-order valence-corrected chi connectivity index (χ0v) is 21.3. The van der Waals surface area contributed by atoms with E-state index in [9.17, 15) is 28.2 Å². The average molecular weight is 542 g/mol. The van der Waals surface area contributed by atoms with E-state index in [1.54, 1.807) is 42.7 Å². The van der Waals surface area contributed by atoms with Crippen molar-refractivity contribution in [1.82, 2.24) is 14.8 Å². The van der Waals surface area contributed by atoms with E-state index in [1.807, 2.05) is 6.92 Å². The van der Waals surface area contributed by atoms with Crippen LogP contribution in [0.3, 0.4) is 0 Å². The maximum absolute atomic E-state index is 14.1. The lowest BCUT2D eigenvalue weighted by molar-refractivity contribution is -0.141. The van der Waals surface area contributed by atoms with Crippen molar-refractivity contribution < 1.29 is 28.2 Å². The summed E-state index contributed by atoms with van der Waals surface area (Å²) < 4.78 is 43.3. The van der Waals surface area contributed by atoms with Crippen LogP contribution in [0.25, 0.3) is 5.00 Å². The summed E-state index contributed by atoms with van der Waals surface area (Å²) in [5, 5.41) is 31.5. The zero-order chi connectivity index (χ0) is 27.3. The van der Waals surface area contributed by atoms with E-state index in [1.165, 1.54) is 11.3 Å². The van der Waals surface area contributed by atoms with Crippen LogP contribution in [-0.4, -0.2) is 36.7 Å². The number of carbonyl (C=O) groups is 1. The topological polar surface area (TPSA) is 113 Å². The molecular weight excluding hydrogens is 519 g/mol. The molecule has 8 nitrogen and oxygen atoms in total. The summed E-state index contributed by atoms with van der Waals surface area (Å²) >= 11 is 1.34. The van der Waals surface area contributed by atoms with Crippen LogP contribution in [0, 0.1) is 37.2 Å². The smallest absolute Gasteiger partial charge is 0.308 e. The minimum atomic E-state index is -1.07. The Morgan fingerprint density at radius 3 is 2.39 bits per heavy atom. The number of anilines is 2. The number of rotatable bonds is 6. The van der Waals surface area contributed by atoms with E-state index in [-0.39, 0.29) is 6.61 Å². The summed E-state index contributed by atoms with van der Waals surface area (Å²) in [6.07, 6.45) is 0. The third kappa shape index (κ3) is 4.25. The molecule has 196 valence electrons. The molecule has 1 aliphatic heterocycles. The molecule has 0 aliphatic carbocycles. The van der Waals surface area contributed by atoms with E-state index < -0.39 is 41.1 Å². The monoisotopic (exact) mass is 541 g/mol.